The SMILES string of the molecule is CCCCN1C(=O)C(=O)/C(=C(\O)c2ccc(Br)cc2)C1c1cccc(OCC)c1. The van der Waals surface area contributed by atoms with Crippen LogP contribution in [-0.2, 0) is 9.59 Å². The van der Waals surface area contributed by atoms with Crippen LogP contribution in [0.1, 0.15) is 43.9 Å². The number of amides is 1. The second-order valence-electron chi connectivity index (χ2n) is 6.86. The number of halogens is 1. The third-order valence-electron chi connectivity index (χ3n) is 4.90. The minimum atomic E-state index is -0.659. The molecule has 1 amide bonds. The first-order chi connectivity index (χ1) is 14.0. The lowest BCUT2D eigenvalue weighted by Gasteiger charge is -2.25. The zero-order valence-electron chi connectivity index (χ0n) is 16.5. The van der Waals surface area contributed by atoms with Crippen LogP contribution in [0.15, 0.2) is 58.6 Å². The molecule has 1 aliphatic rings. The maximum atomic E-state index is 12.9. The summed E-state index contributed by atoms with van der Waals surface area (Å²) in [5.41, 5.74) is 1.35. The van der Waals surface area contributed by atoms with Gasteiger partial charge in [0.25, 0.3) is 11.7 Å². The van der Waals surface area contributed by atoms with E-state index in [1.54, 1.807) is 29.2 Å². The van der Waals surface area contributed by atoms with E-state index in [1.165, 1.54) is 0 Å². The number of carbonyl (C=O) groups is 2. The van der Waals surface area contributed by atoms with Gasteiger partial charge < -0.3 is 14.7 Å². The fourth-order valence-electron chi connectivity index (χ4n) is 3.49. The molecule has 2 aromatic carbocycles. The van der Waals surface area contributed by atoms with Crippen molar-refractivity contribution >= 4 is 33.4 Å². The number of ketones is 1. The number of ether oxygens (including phenoxy) is 1. The summed E-state index contributed by atoms with van der Waals surface area (Å²) in [6, 6.07) is 13.7. The number of carbonyl (C=O) groups excluding carboxylic acids is 2. The maximum absolute atomic E-state index is 12.9. The summed E-state index contributed by atoms with van der Waals surface area (Å²) in [6.45, 7) is 4.89. The third kappa shape index (κ3) is 4.37. The number of likely N-dealkylation sites (tertiary alicyclic amines) is 1. The molecule has 2 aromatic rings. The number of nitrogens with zero attached hydrogens (tertiary/aromatic N) is 1. The van der Waals surface area contributed by atoms with Gasteiger partial charge in [0.1, 0.15) is 11.5 Å². The van der Waals surface area contributed by atoms with E-state index in [4.69, 9.17) is 4.74 Å². The molecule has 0 spiro atoms. The van der Waals surface area contributed by atoms with Gasteiger partial charge in [-0.1, -0.05) is 53.5 Å². The monoisotopic (exact) mass is 457 g/mol. The highest BCUT2D eigenvalue weighted by Crippen LogP contribution is 2.40. The van der Waals surface area contributed by atoms with E-state index in [0.29, 0.717) is 24.5 Å². The van der Waals surface area contributed by atoms with E-state index < -0.39 is 17.7 Å². The van der Waals surface area contributed by atoms with Crippen molar-refractivity contribution in [3.05, 3.63) is 69.7 Å². The minimum Gasteiger partial charge on any atom is -0.507 e. The Bertz CT molecular complexity index is 936. The van der Waals surface area contributed by atoms with Crippen LogP contribution in [0.4, 0.5) is 0 Å². The molecule has 1 atom stereocenters. The van der Waals surface area contributed by atoms with Crippen molar-refractivity contribution in [2.45, 2.75) is 32.7 Å². The Morgan fingerprint density at radius 1 is 1.14 bits per heavy atom. The Hall–Kier alpha value is -2.60. The van der Waals surface area contributed by atoms with Crippen LogP contribution in [0.2, 0.25) is 0 Å². The zero-order chi connectivity index (χ0) is 21.0. The van der Waals surface area contributed by atoms with Crippen molar-refractivity contribution in [3.63, 3.8) is 0 Å². The first kappa shape index (κ1) is 21.1. The largest absolute Gasteiger partial charge is 0.507 e. The first-order valence-electron chi connectivity index (χ1n) is 9.75. The smallest absolute Gasteiger partial charge is 0.295 e. The van der Waals surface area contributed by atoms with Gasteiger partial charge in [-0.2, -0.15) is 0 Å². The minimum absolute atomic E-state index is 0.113. The summed E-state index contributed by atoms with van der Waals surface area (Å²) in [6.07, 6.45) is 1.66. The van der Waals surface area contributed by atoms with Gasteiger partial charge in [0.15, 0.2) is 0 Å². The molecule has 0 aliphatic carbocycles. The van der Waals surface area contributed by atoms with Crippen molar-refractivity contribution in [1.82, 2.24) is 4.90 Å². The van der Waals surface area contributed by atoms with Crippen molar-refractivity contribution < 1.29 is 19.4 Å². The lowest BCUT2D eigenvalue weighted by Crippen LogP contribution is -2.30. The summed E-state index contributed by atoms with van der Waals surface area (Å²) >= 11 is 3.37. The second kappa shape index (κ2) is 9.27. The molecule has 5 nitrogen and oxygen atoms in total. The Labute approximate surface area is 179 Å². The van der Waals surface area contributed by atoms with Gasteiger partial charge in [-0.3, -0.25) is 9.59 Å². The van der Waals surface area contributed by atoms with Gasteiger partial charge >= 0.3 is 0 Å². The van der Waals surface area contributed by atoms with Gasteiger partial charge in [0.2, 0.25) is 0 Å². The van der Waals surface area contributed by atoms with Crippen LogP contribution in [0.5, 0.6) is 5.75 Å². The topological polar surface area (TPSA) is 66.8 Å². The highest BCUT2D eigenvalue weighted by Gasteiger charge is 2.45. The lowest BCUT2D eigenvalue weighted by atomic mass is 9.95. The molecule has 1 fully saturated rings. The fourth-order valence-corrected chi connectivity index (χ4v) is 3.75. The van der Waals surface area contributed by atoms with Crippen LogP contribution < -0.4 is 4.74 Å². The van der Waals surface area contributed by atoms with Crippen molar-refractivity contribution in [2.75, 3.05) is 13.2 Å². The van der Waals surface area contributed by atoms with Crippen LogP contribution in [0, 0.1) is 0 Å². The molecule has 0 bridgehead atoms. The van der Waals surface area contributed by atoms with E-state index in [2.05, 4.69) is 15.9 Å². The Morgan fingerprint density at radius 3 is 2.52 bits per heavy atom. The maximum Gasteiger partial charge on any atom is 0.295 e. The summed E-state index contributed by atoms with van der Waals surface area (Å²) in [7, 11) is 0. The average molecular weight is 458 g/mol. The number of aliphatic hydroxyl groups is 1. The summed E-state index contributed by atoms with van der Waals surface area (Å²) in [4.78, 5) is 27.3. The molecule has 1 N–H and O–H groups in total. The van der Waals surface area contributed by atoms with Crippen molar-refractivity contribution in [3.8, 4) is 5.75 Å². The van der Waals surface area contributed by atoms with Gasteiger partial charge in [-0.25, -0.2) is 0 Å². The molecule has 1 unspecified atom stereocenters. The molecule has 29 heavy (non-hydrogen) atoms. The van der Waals surface area contributed by atoms with E-state index in [0.717, 1.165) is 22.9 Å². The number of rotatable bonds is 7. The average Bonchev–Trinajstić information content (AvgIpc) is 2.97. The standard InChI is InChI=1S/C23H24BrNO4/c1-3-5-13-25-20(16-7-6-8-18(14-16)29-4-2)19(22(27)23(25)28)21(26)15-9-11-17(24)12-10-15/h6-12,14,20,26H,3-5,13H2,1-2H3/b21-19-. The molecule has 1 saturated heterocycles. The van der Waals surface area contributed by atoms with Gasteiger partial charge in [0, 0.05) is 16.6 Å². The number of unbranched alkanes of at least 4 members (excludes halogenated alkanes) is 1. The molecular weight excluding hydrogens is 434 g/mol. The number of Topliss-reactive ketones (excluding diaryl/α,β-unsaturated/α-hetero) is 1. The first-order valence-corrected chi connectivity index (χ1v) is 10.5. The molecule has 3 rings (SSSR count). The molecule has 152 valence electrons. The summed E-state index contributed by atoms with van der Waals surface area (Å²) in [5, 5.41) is 11.0. The molecule has 1 aliphatic heterocycles. The Morgan fingerprint density at radius 2 is 1.86 bits per heavy atom. The quantitative estimate of drug-likeness (QED) is 0.358. The van der Waals surface area contributed by atoms with Crippen LogP contribution in [-0.4, -0.2) is 34.8 Å². The molecule has 1 heterocycles. The van der Waals surface area contributed by atoms with Gasteiger partial charge in [0.05, 0.1) is 18.2 Å². The number of benzene rings is 2. The highest BCUT2D eigenvalue weighted by atomic mass is 79.9. The van der Waals surface area contributed by atoms with Gasteiger partial charge in [-0.05, 0) is 43.2 Å². The lowest BCUT2D eigenvalue weighted by molar-refractivity contribution is -0.139. The predicted molar refractivity (Wildman–Crippen MR) is 116 cm³/mol. The van der Waals surface area contributed by atoms with Crippen LogP contribution in [0.25, 0.3) is 5.76 Å². The third-order valence-corrected chi connectivity index (χ3v) is 5.42. The molecular formula is C23H24BrNO4. The Balaban J connectivity index is 2.14. The van der Waals surface area contributed by atoms with Crippen LogP contribution in [0.3, 0.4) is 0 Å². The number of hydrogen-bond donors (Lipinski definition) is 1. The summed E-state index contributed by atoms with van der Waals surface area (Å²) in [5.74, 6) is -0.742. The van der Waals surface area contributed by atoms with Gasteiger partial charge in [-0.15, -0.1) is 0 Å². The predicted octanol–water partition coefficient (Wildman–Crippen LogP) is 5.07. The highest BCUT2D eigenvalue weighted by molar-refractivity contribution is 9.10. The van der Waals surface area contributed by atoms with Crippen molar-refractivity contribution in [2.24, 2.45) is 0 Å². The number of aliphatic hydroxyl groups excluding tert-OH is 1. The molecule has 6 heteroatoms. The number of hydrogen-bond acceptors (Lipinski definition) is 4. The molecule has 0 saturated carbocycles. The second-order valence-corrected chi connectivity index (χ2v) is 7.77. The molecule has 0 radical (unpaired) electrons. The molecule has 0 aromatic heterocycles. The fraction of sp³-hybridized carbons (Fsp3) is 0.304. The summed E-state index contributed by atoms with van der Waals surface area (Å²) < 4.78 is 6.46. The van der Waals surface area contributed by atoms with E-state index in [9.17, 15) is 14.7 Å². The zero-order valence-corrected chi connectivity index (χ0v) is 18.1. The van der Waals surface area contributed by atoms with Crippen molar-refractivity contribution in [1.29, 1.82) is 0 Å². The van der Waals surface area contributed by atoms with E-state index in [-0.39, 0.29) is 11.3 Å². The Kier molecular flexibility index (Phi) is 6.75. The van der Waals surface area contributed by atoms with E-state index >= 15 is 0 Å². The van der Waals surface area contributed by atoms with E-state index in [1.807, 2.05) is 38.1 Å². The normalized spacial score (nSPS) is 18.3. The van der Waals surface area contributed by atoms with Crippen LogP contribution >= 0.6 is 15.9 Å².